The lowest BCUT2D eigenvalue weighted by Gasteiger charge is -2.18. The highest BCUT2D eigenvalue weighted by molar-refractivity contribution is 6.31. The Labute approximate surface area is 161 Å². The normalized spacial score (nSPS) is 11.3. The average molecular weight is 391 g/mol. The summed E-state index contributed by atoms with van der Waals surface area (Å²) in [5, 5.41) is 2.87. The molecule has 0 bridgehead atoms. The van der Waals surface area contributed by atoms with Gasteiger partial charge in [0.1, 0.15) is 12.6 Å². The number of halogens is 1. The monoisotopic (exact) mass is 390 g/mol. The molecule has 0 aromatic heterocycles. The predicted octanol–water partition coefficient (Wildman–Crippen LogP) is 2.21. The minimum atomic E-state index is -1.09. The first-order valence-electron chi connectivity index (χ1n) is 8.11. The first-order chi connectivity index (χ1) is 13.0. The second kappa shape index (κ2) is 10.2. The summed E-state index contributed by atoms with van der Waals surface area (Å²) in [5.41, 5.74) is 6.41. The third kappa shape index (κ3) is 6.99. The quantitative estimate of drug-likeness (QED) is 0.672. The molecule has 0 saturated heterocycles. The molecule has 0 fully saturated rings. The molecular weight excluding hydrogens is 372 g/mol. The number of benzene rings is 2. The van der Waals surface area contributed by atoms with Crippen molar-refractivity contribution in [2.45, 2.75) is 19.1 Å². The van der Waals surface area contributed by atoms with Gasteiger partial charge in [0.05, 0.1) is 0 Å². The van der Waals surface area contributed by atoms with Gasteiger partial charge < -0.3 is 20.5 Å². The first kappa shape index (κ1) is 20.3. The van der Waals surface area contributed by atoms with Crippen LogP contribution < -0.4 is 11.1 Å². The van der Waals surface area contributed by atoms with E-state index in [9.17, 15) is 14.4 Å². The van der Waals surface area contributed by atoms with Crippen LogP contribution in [0.4, 0.5) is 4.79 Å². The maximum Gasteiger partial charge on any atom is 0.408 e. The van der Waals surface area contributed by atoms with E-state index >= 15 is 0 Å². The Morgan fingerprint density at radius 1 is 1.00 bits per heavy atom. The molecular formula is C19H19ClN2O5. The molecule has 0 aliphatic carbocycles. The van der Waals surface area contributed by atoms with Crippen molar-refractivity contribution in [2.75, 3.05) is 6.61 Å². The minimum Gasteiger partial charge on any atom is -0.454 e. The summed E-state index contributed by atoms with van der Waals surface area (Å²) in [4.78, 5) is 35.1. The fourth-order valence-electron chi connectivity index (χ4n) is 2.23. The van der Waals surface area contributed by atoms with Crippen molar-refractivity contribution in [1.29, 1.82) is 0 Å². The smallest absolute Gasteiger partial charge is 0.408 e. The SMILES string of the molecule is NC(=O)COC(=O)[C@H](Cc1ccccc1Cl)NC(=O)OCc1ccccc1. The zero-order chi connectivity index (χ0) is 19.6. The number of nitrogens with two attached hydrogens (primary N) is 1. The number of rotatable bonds is 8. The van der Waals surface area contributed by atoms with Crippen LogP contribution in [-0.2, 0) is 32.1 Å². The van der Waals surface area contributed by atoms with Gasteiger partial charge in [-0.3, -0.25) is 4.79 Å². The number of hydrogen-bond acceptors (Lipinski definition) is 5. The lowest BCUT2D eigenvalue weighted by molar-refractivity contribution is -0.149. The highest BCUT2D eigenvalue weighted by Gasteiger charge is 2.25. The van der Waals surface area contributed by atoms with E-state index in [1.807, 2.05) is 18.2 Å². The minimum absolute atomic E-state index is 0.0435. The van der Waals surface area contributed by atoms with E-state index in [-0.39, 0.29) is 13.0 Å². The van der Waals surface area contributed by atoms with E-state index < -0.39 is 30.6 Å². The largest absolute Gasteiger partial charge is 0.454 e. The Morgan fingerprint density at radius 2 is 1.67 bits per heavy atom. The Balaban J connectivity index is 2.01. The van der Waals surface area contributed by atoms with Crippen LogP contribution in [0.3, 0.4) is 0 Å². The summed E-state index contributed by atoms with van der Waals surface area (Å²) < 4.78 is 9.93. The van der Waals surface area contributed by atoms with Crippen LogP contribution in [0, 0.1) is 0 Å². The molecule has 1 atom stereocenters. The molecule has 0 aliphatic rings. The molecule has 7 nitrogen and oxygen atoms in total. The zero-order valence-electron chi connectivity index (χ0n) is 14.4. The van der Waals surface area contributed by atoms with E-state index in [4.69, 9.17) is 26.8 Å². The van der Waals surface area contributed by atoms with Gasteiger partial charge in [-0.15, -0.1) is 0 Å². The van der Waals surface area contributed by atoms with Gasteiger partial charge in [-0.25, -0.2) is 9.59 Å². The maximum atomic E-state index is 12.2. The van der Waals surface area contributed by atoms with E-state index in [1.54, 1.807) is 36.4 Å². The summed E-state index contributed by atoms with van der Waals surface area (Å²) in [7, 11) is 0. The molecule has 27 heavy (non-hydrogen) atoms. The molecule has 0 unspecified atom stereocenters. The van der Waals surface area contributed by atoms with E-state index in [0.29, 0.717) is 10.6 Å². The molecule has 0 heterocycles. The van der Waals surface area contributed by atoms with Crippen molar-refractivity contribution in [3.63, 3.8) is 0 Å². The van der Waals surface area contributed by atoms with E-state index in [1.165, 1.54) is 0 Å². The van der Waals surface area contributed by atoms with Crippen molar-refractivity contribution in [3.05, 3.63) is 70.7 Å². The van der Waals surface area contributed by atoms with Crippen LogP contribution in [0.2, 0.25) is 5.02 Å². The van der Waals surface area contributed by atoms with Crippen molar-refractivity contribution < 1.29 is 23.9 Å². The molecule has 0 saturated carbocycles. The summed E-state index contributed by atoms with van der Waals surface area (Å²) in [5.74, 6) is -1.61. The number of esters is 1. The molecule has 0 aliphatic heterocycles. The molecule has 2 rings (SSSR count). The lowest BCUT2D eigenvalue weighted by atomic mass is 10.1. The summed E-state index contributed by atoms with van der Waals surface area (Å²) in [6, 6.07) is 14.9. The Hall–Kier alpha value is -3.06. The van der Waals surface area contributed by atoms with Gasteiger partial charge in [0.2, 0.25) is 0 Å². The Kier molecular flexibility index (Phi) is 7.63. The lowest BCUT2D eigenvalue weighted by Crippen LogP contribution is -2.44. The van der Waals surface area contributed by atoms with Gasteiger partial charge >= 0.3 is 12.1 Å². The van der Waals surface area contributed by atoms with Gasteiger partial charge in [0, 0.05) is 11.4 Å². The number of carbonyl (C=O) groups excluding carboxylic acids is 3. The molecule has 2 amide bonds. The van der Waals surface area contributed by atoms with E-state index in [0.717, 1.165) is 5.56 Å². The maximum absolute atomic E-state index is 12.2. The molecule has 2 aromatic carbocycles. The number of hydrogen-bond donors (Lipinski definition) is 2. The van der Waals surface area contributed by atoms with Crippen LogP contribution >= 0.6 is 11.6 Å². The number of nitrogens with one attached hydrogen (secondary N) is 1. The zero-order valence-corrected chi connectivity index (χ0v) is 15.1. The van der Waals surface area contributed by atoms with Crippen LogP contribution in [0.5, 0.6) is 0 Å². The van der Waals surface area contributed by atoms with Crippen molar-refractivity contribution in [2.24, 2.45) is 5.73 Å². The van der Waals surface area contributed by atoms with Gasteiger partial charge in [0.15, 0.2) is 6.61 Å². The number of ether oxygens (including phenoxy) is 2. The summed E-state index contributed by atoms with van der Waals surface area (Å²) >= 11 is 6.11. The number of primary amides is 1. The predicted molar refractivity (Wildman–Crippen MR) is 98.9 cm³/mol. The molecule has 142 valence electrons. The third-order valence-corrected chi connectivity index (χ3v) is 3.90. The number of alkyl carbamates (subject to hydrolysis) is 1. The van der Waals surface area contributed by atoms with Crippen LogP contribution in [0.15, 0.2) is 54.6 Å². The fourth-order valence-corrected chi connectivity index (χ4v) is 2.44. The molecule has 0 radical (unpaired) electrons. The number of amides is 2. The van der Waals surface area contributed by atoms with Crippen molar-refractivity contribution >= 4 is 29.6 Å². The van der Waals surface area contributed by atoms with E-state index in [2.05, 4.69) is 5.32 Å². The standard InChI is InChI=1S/C19H19ClN2O5/c20-15-9-5-4-8-14(15)10-16(18(24)26-12-17(21)23)22-19(25)27-11-13-6-2-1-3-7-13/h1-9,16H,10-12H2,(H2,21,23)(H,22,25)/t16-/m0/s1. The highest BCUT2D eigenvalue weighted by Crippen LogP contribution is 2.17. The Morgan fingerprint density at radius 3 is 2.33 bits per heavy atom. The van der Waals surface area contributed by atoms with Crippen molar-refractivity contribution in [1.82, 2.24) is 5.32 Å². The second-order valence-electron chi connectivity index (χ2n) is 5.63. The van der Waals surface area contributed by atoms with Gasteiger partial charge in [0.25, 0.3) is 5.91 Å². The van der Waals surface area contributed by atoms with Gasteiger partial charge in [-0.1, -0.05) is 60.1 Å². The highest BCUT2D eigenvalue weighted by atomic mass is 35.5. The topological polar surface area (TPSA) is 108 Å². The third-order valence-electron chi connectivity index (χ3n) is 3.53. The van der Waals surface area contributed by atoms with Crippen LogP contribution in [0.1, 0.15) is 11.1 Å². The fraction of sp³-hybridized carbons (Fsp3) is 0.211. The van der Waals surface area contributed by atoms with Gasteiger partial charge in [-0.2, -0.15) is 0 Å². The second-order valence-corrected chi connectivity index (χ2v) is 6.04. The van der Waals surface area contributed by atoms with Crippen molar-refractivity contribution in [3.8, 4) is 0 Å². The molecule has 8 heteroatoms. The molecule has 0 spiro atoms. The Bertz CT molecular complexity index is 798. The number of carbonyl (C=O) groups is 3. The summed E-state index contributed by atoms with van der Waals surface area (Å²) in [6.07, 6.45) is -0.732. The van der Waals surface area contributed by atoms with Crippen LogP contribution in [-0.4, -0.2) is 30.6 Å². The molecule has 3 N–H and O–H groups in total. The molecule has 2 aromatic rings. The first-order valence-corrected chi connectivity index (χ1v) is 8.49. The van der Waals surface area contributed by atoms with Crippen LogP contribution in [0.25, 0.3) is 0 Å². The average Bonchev–Trinajstić information content (AvgIpc) is 2.66. The summed E-state index contributed by atoms with van der Waals surface area (Å²) in [6.45, 7) is -0.541. The van der Waals surface area contributed by atoms with Gasteiger partial charge in [-0.05, 0) is 17.2 Å².